The predicted molar refractivity (Wildman–Crippen MR) is 47.3 cm³/mol. The van der Waals surface area contributed by atoms with Gasteiger partial charge in [-0.05, 0) is 25.9 Å². The molecular formula is C8H17NO2+2. The van der Waals surface area contributed by atoms with E-state index in [4.69, 9.17) is 9.59 Å². The lowest BCUT2D eigenvalue weighted by atomic mass is 10.3. The van der Waals surface area contributed by atoms with Crippen LogP contribution in [-0.2, 0) is 0 Å². The Morgan fingerprint density at radius 3 is 1.73 bits per heavy atom. The molecule has 0 saturated carbocycles. The highest BCUT2D eigenvalue weighted by atomic mass is 16.1. The van der Waals surface area contributed by atoms with Crippen LogP contribution < -0.4 is 5.32 Å². The van der Waals surface area contributed by atoms with Gasteiger partial charge in [-0.3, -0.25) is 9.59 Å². The zero-order valence-corrected chi connectivity index (χ0v) is 6.79. The zero-order chi connectivity index (χ0) is 8.36. The Kier molecular flexibility index (Phi) is 8.71. The summed E-state index contributed by atoms with van der Waals surface area (Å²) in [7, 11) is 0. The molecule has 0 atom stereocenters. The summed E-state index contributed by atoms with van der Waals surface area (Å²) in [5, 5.41) is 3.19. The minimum Gasteiger partial charge on any atom is -0.317 e. The van der Waals surface area contributed by atoms with Crippen LogP contribution in [0.25, 0.3) is 0 Å². The van der Waals surface area contributed by atoms with Crippen molar-refractivity contribution in [1.29, 1.82) is 0 Å². The Morgan fingerprint density at radius 1 is 0.909 bits per heavy atom. The van der Waals surface area contributed by atoms with Crippen LogP contribution in [0.1, 0.15) is 25.7 Å². The molecule has 0 aromatic carbocycles. The van der Waals surface area contributed by atoms with E-state index in [1.54, 1.807) is 0 Å². The van der Waals surface area contributed by atoms with Crippen LogP contribution in [0, 0.1) is 0 Å². The summed E-state index contributed by atoms with van der Waals surface area (Å²) >= 11 is 0. The molecule has 0 aromatic rings. The summed E-state index contributed by atoms with van der Waals surface area (Å²) in [4.78, 5) is 16.6. The first-order valence-electron chi connectivity index (χ1n) is 4.04. The van der Waals surface area contributed by atoms with Crippen molar-refractivity contribution in [2.75, 3.05) is 13.1 Å². The van der Waals surface area contributed by atoms with E-state index >= 15 is 0 Å². The molecule has 0 aliphatic rings. The first kappa shape index (κ1) is 10.3. The van der Waals surface area contributed by atoms with Crippen molar-refractivity contribution in [1.82, 2.24) is 5.32 Å². The van der Waals surface area contributed by atoms with Gasteiger partial charge in [0.2, 0.25) is 0 Å². The number of aldehydes is 2. The summed E-state index contributed by atoms with van der Waals surface area (Å²) in [6, 6.07) is 0. The van der Waals surface area contributed by atoms with Crippen molar-refractivity contribution < 1.29 is 9.59 Å². The largest absolute Gasteiger partial charge is 0.317 e. The topological polar surface area (TPSA) is 54.8 Å². The Balaban J connectivity index is 2.79. The highest BCUT2D eigenvalue weighted by Gasteiger charge is 1.90. The number of rotatable bonds is 8. The molecular weight excluding hydrogens is 142 g/mol. The van der Waals surface area contributed by atoms with Crippen molar-refractivity contribution in [3.05, 3.63) is 0 Å². The van der Waals surface area contributed by atoms with Gasteiger partial charge in [-0.25, -0.2) is 0 Å². The van der Waals surface area contributed by atoms with Crippen LogP contribution in [0.3, 0.4) is 0 Å². The molecule has 0 spiro atoms. The molecule has 0 fully saturated rings. The van der Waals surface area contributed by atoms with Gasteiger partial charge in [-0.15, -0.1) is 0 Å². The first-order valence-corrected chi connectivity index (χ1v) is 4.04. The molecule has 3 N–H and O–H groups in total. The Bertz CT molecular complexity index is 92.3. The van der Waals surface area contributed by atoms with Crippen LogP contribution >= 0.6 is 0 Å². The summed E-state index contributed by atoms with van der Waals surface area (Å²) < 4.78 is 0. The number of nitrogens with one attached hydrogen (secondary N) is 1. The van der Waals surface area contributed by atoms with Crippen LogP contribution in [0.5, 0.6) is 0 Å². The van der Waals surface area contributed by atoms with Crippen LogP contribution in [0.2, 0.25) is 0 Å². The summed E-state index contributed by atoms with van der Waals surface area (Å²) in [6.45, 7) is 1.87. The maximum Gasteiger partial charge on any atom is 0.281 e. The zero-order valence-electron chi connectivity index (χ0n) is 6.79. The molecule has 0 radical (unpaired) electrons. The number of unbranched alkanes of at least 4 members (excludes halogenated alkanes) is 2. The second kappa shape index (κ2) is 9.30. The van der Waals surface area contributed by atoms with Crippen LogP contribution in [0.4, 0.5) is 0 Å². The third kappa shape index (κ3) is 9.30. The van der Waals surface area contributed by atoms with Crippen molar-refractivity contribution >= 4 is 12.6 Å². The van der Waals surface area contributed by atoms with E-state index in [0.29, 0.717) is 0 Å². The molecule has 0 aliphatic carbocycles. The van der Waals surface area contributed by atoms with Gasteiger partial charge in [0.1, 0.15) is 0 Å². The first-order chi connectivity index (χ1) is 5.41. The lowest BCUT2D eigenvalue weighted by Gasteiger charge is -1.98. The predicted octanol–water partition coefficient (Wildman–Crippen LogP) is 0.486. The molecule has 64 valence electrons. The molecule has 0 rings (SSSR count). The summed E-state index contributed by atoms with van der Waals surface area (Å²) in [5.41, 5.74) is 0. The van der Waals surface area contributed by atoms with E-state index < -0.39 is 0 Å². The number of carbonyl (C=O) groups excluding carboxylic acids is 2. The minimum absolute atomic E-state index is 0.749. The third-order valence-electron chi connectivity index (χ3n) is 1.37. The van der Waals surface area contributed by atoms with Gasteiger partial charge in [-0.2, -0.15) is 0 Å². The van der Waals surface area contributed by atoms with E-state index in [1.807, 2.05) is 0 Å². The highest BCUT2D eigenvalue weighted by molar-refractivity contribution is 5.50. The van der Waals surface area contributed by atoms with E-state index in [9.17, 15) is 0 Å². The molecule has 3 heteroatoms. The number of hydrogen-bond acceptors (Lipinski definition) is 1. The fourth-order valence-corrected chi connectivity index (χ4v) is 0.762. The van der Waals surface area contributed by atoms with E-state index in [2.05, 4.69) is 5.32 Å². The number of hydrogen-bond donors (Lipinski definition) is 1. The third-order valence-corrected chi connectivity index (χ3v) is 1.37. The van der Waals surface area contributed by atoms with Gasteiger partial charge in [0, 0.05) is 0 Å². The molecule has 11 heavy (non-hydrogen) atoms. The van der Waals surface area contributed by atoms with Crippen molar-refractivity contribution in [3.8, 4) is 0 Å². The molecule has 0 aliphatic heterocycles. The highest BCUT2D eigenvalue weighted by Crippen LogP contribution is 1.83. The normalized spacial score (nSPS) is 9.45. The molecule has 0 aromatic heterocycles. The van der Waals surface area contributed by atoms with Gasteiger partial charge in [0.15, 0.2) is 0 Å². The molecule has 0 saturated heterocycles. The van der Waals surface area contributed by atoms with Gasteiger partial charge >= 0.3 is 0 Å². The summed E-state index contributed by atoms with van der Waals surface area (Å²) in [6.07, 6.45) is 5.81. The monoisotopic (exact) mass is 159 g/mol. The molecule has 0 bridgehead atoms. The van der Waals surface area contributed by atoms with Gasteiger partial charge in [0.25, 0.3) is 12.6 Å². The van der Waals surface area contributed by atoms with Gasteiger partial charge in [0.05, 0.1) is 12.8 Å². The lowest BCUT2D eigenvalue weighted by molar-refractivity contribution is 0.615. The Hall–Kier alpha value is -0.700. The van der Waals surface area contributed by atoms with Gasteiger partial charge < -0.3 is 5.32 Å². The maximum atomic E-state index is 8.32. The second-order valence-electron chi connectivity index (χ2n) is 2.40. The molecule has 0 heterocycles. The molecule has 0 amide bonds. The van der Waals surface area contributed by atoms with Crippen molar-refractivity contribution in [3.63, 3.8) is 0 Å². The smallest absolute Gasteiger partial charge is 0.281 e. The van der Waals surface area contributed by atoms with Gasteiger partial charge in [-0.1, -0.05) is 0 Å². The van der Waals surface area contributed by atoms with E-state index in [0.717, 1.165) is 38.8 Å². The summed E-state index contributed by atoms with van der Waals surface area (Å²) in [5.74, 6) is 0. The fraction of sp³-hybridized carbons (Fsp3) is 0.750. The van der Waals surface area contributed by atoms with Crippen LogP contribution in [0.15, 0.2) is 0 Å². The lowest BCUT2D eigenvalue weighted by Crippen LogP contribution is -2.16. The molecule has 0 unspecified atom stereocenters. The Morgan fingerprint density at radius 2 is 1.36 bits per heavy atom. The SMILES string of the molecule is [OH+]=CCCCNCCCC=[OH+]. The average Bonchev–Trinajstić information content (AvgIpc) is 2.03. The average molecular weight is 159 g/mol. The quantitative estimate of drug-likeness (QED) is 0.313. The van der Waals surface area contributed by atoms with E-state index in [1.165, 1.54) is 12.6 Å². The van der Waals surface area contributed by atoms with Crippen LogP contribution in [-0.4, -0.2) is 35.3 Å². The fourth-order valence-electron chi connectivity index (χ4n) is 0.762. The standard InChI is InChI=1S/C8H15NO2/c10-7-3-1-5-9-6-2-4-8-11/h7-9H,1-6H2/p+2. The molecule has 3 nitrogen and oxygen atoms in total. The Labute approximate surface area is 67.2 Å². The maximum absolute atomic E-state index is 8.32. The minimum atomic E-state index is 0.749. The van der Waals surface area contributed by atoms with E-state index in [-0.39, 0.29) is 0 Å². The van der Waals surface area contributed by atoms with Crippen molar-refractivity contribution in [2.24, 2.45) is 0 Å². The van der Waals surface area contributed by atoms with Crippen molar-refractivity contribution in [2.45, 2.75) is 25.7 Å². The second-order valence-corrected chi connectivity index (χ2v) is 2.40.